The van der Waals surface area contributed by atoms with Gasteiger partial charge in [-0.25, -0.2) is 0 Å². The average molecular weight is 202 g/mol. The van der Waals surface area contributed by atoms with Gasteiger partial charge < -0.3 is 21.5 Å². The lowest BCUT2D eigenvalue weighted by Crippen LogP contribution is -2.24. The van der Waals surface area contributed by atoms with Gasteiger partial charge in [0.1, 0.15) is 0 Å². The zero-order valence-electron chi connectivity index (χ0n) is 8.45. The quantitative estimate of drug-likeness (QED) is 0.208. The maximum Gasteiger partial charge on any atom is 0.306 e. The number of nitrogens with one attached hydrogen (secondary N) is 1. The first-order valence-electron chi connectivity index (χ1n) is 4.49. The summed E-state index contributed by atoms with van der Waals surface area (Å²) < 4.78 is 4.48. The molecule has 5 N–H and O–H groups in total. The van der Waals surface area contributed by atoms with E-state index in [0.29, 0.717) is 19.5 Å². The van der Waals surface area contributed by atoms with Gasteiger partial charge in [0, 0.05) is 13.1 Å². The van der Waals surface area contributed by atoms with Crippen molar-refractivity contribution < 1.29 is 9.53 Å². The van der Waals surface area contributed by atoms with Gasteiger partial charge in [-0.1, -0.05) is 0 Å². The number of carbonyl (C=O) groups is 1. The molecule has 0 aromatic carbocycles. The van der Waals surface area contributed by atoms with Crippen LogP contribution in [-0.4, -0.2) is 38.7 Å². The largest absolute Gasteiger partial charge is 0.469 e. The van der Waals surface area contributed by atoms with E-state index < -0.39 is 0 Å². The van der Waals surface area contributed by atoms with E-state index in [1.807, 2.05) is 0 Å². The highest BCUT2D eigenvalue weighted by Gasteiger charge is 1.97. The van der Waals surface area contributed by atoms with E-state index in [9.17, 15) is 4.79 Å². The van der Waals surface area contributed by atoms with Crippen LogP contribution in [0.2, 0.25) is 0 Å². The summed E-state index contributed by atoms with van der Waals surface area (Å²) in [5.41, 5.74) is 10.3. The summed E-state index contributed by atoms with van der Waals surface area (Å²) in [7, 11) is 1.38. The van der Waals surface area contributed by atoms with E-state index >= 15 is 0 Å². The fraction of sp³-hybridized carbons (Fsp3) is 0.750. The molecular weight excluding hydrogens is 184 g/mol. The van der Waals surface area contributed by atoms with Gasteiger partial charge in [-0.15, -0.1) is 0 Å². The molecule has 0 amide bonds. The van der Waals surface area contributed by atoms with Gasteiger partial charge in [-0.3, -0.25) is 9.79 Å². The van der Waals surface area contributed by atoms with Crippen molar-refractivity contribution in [1.29, 1.82) is 0 Å². The van der Waals surface area contributed by atoms with Gasteiger partial charge in [-0.2, -0.15) is 0 Å². The van der Waals surface area contributed by atoms with Gasteiger partial charge in [0.25, 0.3) is 0 Å². The highest BCUT2D eigenvalue weighted by Crippen LogP contribution is 1.82. The molecule has 0 aliphatic rings. The van der Waals surface area contributed by atoms with Crippen molar-refractivity contribution in [3.63, 3.8) is 0 Å². The van der Waals surface area contributed by atoms with Crippen LogP contribution in [0.4, 0.5) is 0 Å². The zero-order chi connectivity index (χ0) is 10.8. The van der Waals surface area contributed by atoms with Crippen molar-refractivity contribution >= 4 is 11.9 Å². The first kappa shape index (κ1) is 12.7. The zero-order valence-corrected chi connectivity index (χ0v) is 8.45. The minimum atomic E-state index is -0.207. The van der Waals surface area contributed by atoms with Gasteiger partial charge in [0.2, 0.25) is 0 Å². The Labute approximate surface area is 83.7 Å². The Bertz CT molecular complexity index is 190. The Hall–Kier alpha value is -1.30. The Balaban J connectivity index is 3.14. The number of rotatable bonds is 7. The number of esters is 1. The Kier molecular flexibility index (Phi) is 7.53. The monoisotopic (exact) mass is 202 g/mol. The van der Waals surface area contributed by atoms with E-state index in [1.54, 1.807) is 0 Å². The molecule has 0 unspecified atom stereocenters. The molecule has 14 heavy (non-hydrogen) atoms. The third kappa shape index (κ3) is 8.79. The van der Waals surface area contributed by atoms with Gasteiger partial charge in [0.05, 0.1) is 13.5 Å². The summed E-state index contributed by atoms with van der Waals surface area (Å²) >= 11 is 0. The summed E-state index contributed by atoms with van der Waals surface area (Å²) in [6, 6.07) is 0. The molecule has 0 aromatic rings. The van der Waals surface area contributed by atoms with Crippen LogP contribution in [0.5, 0.6) is 0 Å². The average Bonchev–Trinajstić information content (AvgIpc) is 2.15. The number of methoxy groups -OCH3 is 1. The molecule has 0 radical (unpaired) electrons. The van der Waals surface area contributed by atoms with Crippen LogP contribution < -0.4 is 16.8 Å². The molecule has 0 aliphatic carbocycles. The second-order valence-electron chi connectivity index (χ2n) is 2.74. The lowest BCUT2D eigenvalue weighted by atomic mass is 10.4. The summed E-state index contributed by atoms with van der Waals surface area (Å²) in [5.74, 6) is -0.0960. The van der Waals surface area contributed by atoms with Crippen LogP contribution in [0.1, 0.15) is 12.8 Å². The SMILES string of the molecule is COC(=O)CCNCCCN=C(N)N. The number of nitrogens with zero attached hydrogens (tertiary/aromatic N) is 1. The molecule has 0 spiro atoms. The van der Waals surface area contributed by atoms with Crippen LogP contribution in [0.25, 0.3) is 0 Å². The summed E-state index contributed by atoms with van der Waals surface area (Å²) in [5, 5.41) is 3.07. The second kappa shape index (κ2) is 8.31. The Morgan fingerprint density at radius 3 is 2.71 bits per heavy atom. The Morgan fingerprint density at radius 1 is 1.43 bits per heavy atom. The lowest BCUT2D eigenvalue weighted by molar-refractivity contribution is -0.140. The predicted molar refractivity (Wildman–Crippen MR) is 54.8 cm³/mol. The predicted octanol–water partition coefficient (Wildman–Crippen LogP) is -1.20. The lowest BCUT2D eigenvalue weighted by Gasteiger charge is -2.02. The Morgan fingerprint density at radius 2 is 2.14 bits per heavy atom. The maximum absolute atomic E-state index is 10.7. The molecule has 0 saturated carbocycles. The van der Waals surface area contributed by atoms with Crippen LogP contribution in [-0.2, 0) is 9.53 Å². The minimum Gasteiger partial charge on any atom is -0.469 e. The van der Waals surface area contributed by atoms with Crippen molar-refractivity contribution in [1.82, 2.24) is 5.32 Å². The van der Waals surface area contributed by atoms with E-state index in [2.05, 4.69) is 15.0 Å². The number of hydrogen-bond donors (Lipinski definition) is 3. The molecule has 0 bridgehead atoms. The van der Waals surface area contributed by atoms with Gasteiger partial charge in [-0.05, 0) is 13.0 Å². The molecule has 0 rings (SSSR count). The fourth-order valence-corrected chi connectivity index (χ4v) is 0.830. The van der Waals surface area contributed by atoms with E-state index in [-0.39, 0.29) is 11.9 Å². The second-order valence-corrected chi connectivity index (χ2v) is 2.74. The van der Waals surface area contributed by atoms with Crippen molar-refractivity contribution in [3.8, 4) is 0 Å². The fourth-order valence-electron chi connectivity index (χ4n) is 0.830. The topological polar surface area (TPSA) is 103 Å². The molecule has 0 aromatic heterocycles. The molecule has 6 nitrogen and oxygen atoms in total. The molecule has 0 aliphatic heterocycles. The van der Waals surface area contributed by atoms with Gasteiger partial charge in [0.15, 0.2) is 5.96 Å². The molecule has 0 atom stereocenters. The first-order valence-corrected chi connectivity index (χ1v) is 4.49. The normalized spacial score (nSPS) is 9.50. The maximum atomic E-state index is 10.7. The molecule has 0 saturated heterocycles. The third-order valence-electron chi connectivity index (χ3n) is 1.54. The smallest absolute Gasteiger partial charge is 0.306 e. The van der Waals surface area contributed by atoms with Crippen molar-refractivity contribution in [2.75, 3.05) is 26.7 Å². The number of aliphatic imine (C=N–C) groups is 1. The van der Waals surface area contributed by atoms with Crippen LogP contribution >= 0.6 is 0 Å². The minimum absolute atomic E-state index is 0.111. The molecule has 6 heteroatoms. The van der Waals surface area contributed by atoms with Crippen LogP contribution in [0.3, 0.4) is 0 Å². The number of ether oxygens (including phenoxy) is 1. The van der Waals surface area contributed by atoms with Gasteiger partial charge >= 0.3 is 5.97 Å². The first-order chi connectivity index (χ1) is 6.66. The third-order valence-corrected chi connectivity index (χ3v) is 1.54. The molecule has 0 fully saturated rings. The molecule has 0 heterocycles. The van der Waals surface area contributed by atoms with Crippen LogP contribution in [0.15, 0.2) is 4.99 Å². The molecular formula is C8H18N4O2. The number of guanidine groups is 1. The summed E-state index contributed by atoms with van der Waals surface area (Å²) in [6.45, 7) is 2.01. The van der Waals surface area contributed by atoms with E-state index in [1.165, 1.54) is 7.11 Å². The highest BCUT2D eigenvalue weighted by atomic mass is 16.5. The number of carbonyl (C=O) groups excluding carboxylic acids is 1. The summed E-state index contributed by atoms with van der Waals surface area (Å²) in [6.07, 6.45) is 1.23. The van der Waals surface area contributed by atoms with Crippen molar-refractivity contribution in [2.24, 2.45) is 16.5 Å². The van der Waals surface area contributed by atoms with Crippen molar-refractivity contribution in [3.05, 3.63) is 0 Å². The highest BCUT2D eigenvalue weighted by molar-refractivity contribution is 5.75. The summed E-state index contributed by atoms with van der Waals surface area (Å²) in [4.78, 5) is 14.5. The van der Waals surface area contributed by atoms with Crippen molar-refractivity contribution in [2.45, 2.75) is 12.8 Å². The van der Waals surface area contributed by atoms with Crippen LogP contribution in [0, 0.1) is 0 Å². The molecule has 82 valence electrons. The van der Waals surface area contributed by atoms with E-state index in [4.69, 9.17) is 11.5 Å². The van der Waals surface area contributed by atoms with E-state index in [0.717, 1.165) is 13.0 Å². The standard InChI is InChI=1S/C8H18N4O2/c1-14-7(13)3-6-11-4-2-5-12-8(9)10/h11H,2-6H2,1H3,(H4,9,10,12). The number of hydrogen-bond acceptors (Lipinski definition) is 4. The number of nitrogens with two attached hydrogens (primary N) is 2.